The Labute approximate surface area is 187 Å². The van der Waals surface area contributed by atoms with Gasteiger partial charge in [-0.1, -0.05) is 24.3 Å². The van der Waals surface area contributed by atoms with Gasteiger partial charge in [0.25, 0.3) is 0 Å². The number of nitrogens with zero attached hydrogens (tertiary/aromatic N) is 4. The third-order valence-electron chi connectivity index (χ3n) is 6.58. The summed E-state index contributed by atoms with van der Waals surface area (Å²) in [5, 5.41) is 18.5. The molecular formula is C28H20N4. The lowest BCUT2D eigenvalue weighted by Crippen LogP contribution is -2.40. The van der Waals surface area contributed by atoms with Gasteiger partial charge >= 0.3 is 0 Å². The minimum atomic E-state index is 0.233. The van der Waals surface area contributed by atoms with Crippen molar-refractivity contribution in [3.8, 4) is 12.1 Å². The molecule has 1 aliphatic rings. The average Bonchev–Trinajstić information content (AvgIpc) is 2.86. The third kappa shape index (κ3) is 3.43. The number of hydrogen-bond donors (Lipinski definition) is 0. The highest BCUT2D eigenvalue weighted by atomic mass is 14.6. The van der Waals surface area contributed by atoms with E-state index in [2.05, 4.69) is 70.6 Å². The number of benzene rings is 2. The highest BCUT2D eigenvalue weighted by Gasteiger charge is 2.52. The van der Waals surface area contributed by atoms with Crippen molar-refractivity contribution in [2.45, 2.75) is 23.7 Å². The van der Waals surface area contributed by atoms with Gasteiger partial charge in [-0.25, -0.2) is 0 Å². The SMILES string of the molecule is N#Cc1ccc(C2C(c3ccncc3)C(c3ccncc3)C2c2ccc(C#N)cc2)cc1. The standard InChI is InChI=1S/C28H20N4/c29-17-19-1-5-21(6-2-19)25-26(22-7-3-20(18-30)4-8-22)28(24-11-15-32-16-12-24)27(25)23-9-13-31-14-10-23/h1-16,25-28H. The zero-order valence-electron chi connectivity index (χ0n) is 17.3. The fourth-order valence-electron chi connectivity index (χ4n) is 5.14. The van der Waals surface area contributed by atoms with Crippen LogP contribution in [-0.2, 0) is 0 Å². The second-order valence-electron chi connectivity index (χ2n) is 8.13. The number of nitriles is 2. The fourth-order valence-corrected chi connectivity index (χ4v) is 5.14. The molecule has 2 heterocycles. The largest absolute Gasteiger partial charge is 0.265 e. The summed E-state index contributed by atoms with van der Waals surface area (Å²) in [7, 11) is 0. The van der Waals surface area contributed by atoms with Crippen LogP contribution >= 0.6 is 0 Å². The van der Waals surface area contributed by atoms with Crippen molar-refractivity contribution >= 4 is 0 Å². The molecule has 2 aromatic carbocycles. The summed E-state index contributed by atoms with van der Waals surface area (Å²) >= 11 is 0. The quantitative estimate of drug-likeness (QED) is 0.433. The van der Waals surface area contributed by atoms with Gasteiger partial charge in [0.1, 0.15) is 0 Å². The van der Waals surface area contributed by atoms with E-state index >= 15 is 0 Å². The van der Waals surface area contributed by atoms with E-state index in [9.17, 15) is 10.5 Å². The van der Waals surface area contributed by atoms with Crippen LogP contribution in [0, 0.1) is 22.7 Å². The molecule has 0 bridgehead atoms. The van der Waals surface area contributed by atoms with E-state index in [4.69, 9.17) is 0 Å². The molecule has 0 radical (unpaired) electrons. The van der Waals surface area contributed by atoms with Gasteiger partial charge in [0, 0.05) is 24.8 Å². The lowest BCUT2D eigenvalue weighted by Gasteiger charge is -2.53. The Balaban J connectivity index is 1.66. The number of rotatable bonds is 4. The first-order chi connectivity index (χ1) is 15.8. The highest BCUT2D eigenvalue weighted by Crippen LogP contribution is 2.66. The zero-order chi connectivity index (χ0) is 21.9. The Morgan fingerprint density at radius 1 is 0.438 bits per heavy atom. The van der Waals surface area contributed by atoms with Gasteiger partial charge in [0.05, 0.1) is 23.3 Å². The fraction of sp³-hybridized carbons (Fsp3) is 0.143. The van der Waals surface area contributed by atoms with Crippen LogP contribution in [0.15, 0.2) is 97.6 Å². The van der Waals surface area contributed by atoms with E-state index in [1.54, 1.807) is 0 Å². The molecule has 5 rings (SSSR count). The van der Waals surface area contributed by atoms with Gasteiger partial charge in [-0.3, -0.25) is 9.97 Å². The maximum atomic E-state index is 9.25. The molecule has 0 amide bonds. The van der Waals surface area contributed by atoms with E-state index in [0.29, 0.717) is 11.1 Å². The topological polar surface area (TPSA) is 73.4 Å². The lowest BCUT2D eigenvalue weighted by atomic mass is 9.49. The van der Waals surface area contributed by atoms with Crippen LogP contribution in [0.4, 0.5) is 0 Å². The van der Waals surface area contributed by atoms with Gasteiger partial charge in [-0.15, -0.1) is 0 Å². The van der Waals surface area contributed by atoms with Crippen molar-refractivity contribution in [1.82, 2.24) is 9.97 Å². The lowest BCUT2D eigenvalue weighted by molar-refractivity contribution is 0.228. The van der Waals surface area contributed by atoms with Crippen LogP contribution in [0.25, 0.3) is 0 Å². The Bertz CT molecular complexity index is 1180. The third-order valence-corrected chi connectivity index (χ3v) is 6.58. The Morgan fingerprint density at radius 3 is 1.00 bits per heavy atom. The minimum absolute atomic E-state index is 0.233. The van der Waals surface area contributed by atoms with Crippen molar-refractivity contribution < 1.29 is 0 Å². The number of pyridine rings is 2. The molecule has 4 unspecified atom stereocenters. The first-order valence-electron chi connectivity index (χ1n) is 10.6. The Kier molecular flexibility index (Phi) is 5.20. The molecule has 4 heteroatoms. The van der Waals surface area contributed by atoms with Crippen molar-refractivity contribution in [2.24, 2.45) is 0 Å². The zero-order valence-corrected chi connectivity index (χ0v) is 17.3. The van der Waals surface area contributed by atoms with Gasteiger partial charge in [0.15, 0.2) is 0 Å². The van der Waals surface area contributed by atoms with E-state index in [-0.39, 0.29) is 23.7 Å². The van der Waals surface area contributed by atoms with Crippen LogP contribution in [-0.4, -0.2) is 9.97 Å². The van der Waals surface area contributed by atoms with Crippen molar-refractivity contribution in [3.63, 3.8) is 0 Å². The summed E-state index contributed by atoms with van der Waals surface area (Å²) in [5.74, 6) is 0.982. The predicted molar refractivity (Wildman–Crippen MR) is 122 cm³/mol. The van der Waals surface area contributed by atoms with Crippen LogP contribution in [0.1, 0.15) is 57.1 Å². The summed E-state index contributed by atoms with van der Waals surface area (Å²) < 4.78 is 0. The molecule has 4 atom stereocenters. The summed E-state index contributed by atoms with van der Waals surface area (Å²) in [6.07, 6.45) is 7.40. The average molecular weight is 412 g/mol. The van der Waals surface area contributed by atoms with Crippen molar-refractivity contribution in [3.05, 3.63) is 131 Å². The summed E-state index contributed by atoms with van der Waals surface area (Å²) in [4.78, 5) is 8.45. The van der Waals surface area contributed by atoms with Crippen LogP contribution < -0.4 is 0 Å². The summed E-state index contributed by atoms with van der Waals surface area (Å²) in [6.45, 7) is 0. The Hall–Kier alpha value is -4.28. The molecule has 2 aromatic heterocycles. The molecule has 1 fully saturated rings. The molecule has 0 saturated heterocycles. The molecule has 152 valence electrons. The van der Waals surface area contributed by atoms with E-state index in [1.165, 1.54) is 22.3 Å². The highest BCUT2D eigenvalue weighted by molar-refractivity contribution is 5.49. The molecule has 4 aromatic rings. The van der Waals surface area contributed by atoms with Crippen LogP contribution in [0.2, 0.25) is 0 Å². The molecule has 0 spiro atoms. The normalized spacial score (nSPS) is 21.7. The van der Waals surface area contributed by atoms with E-state index in [1.807, 2.05) is 49.1 Å². The molecule has 4 nitrogen and oxygen atoms in total. The monoisotopic (exact) mass is 412 g/mol. The van der Waals surface area contributed by atoms with Gasteiger partial charge in [-0.2, -0.15) is 10.5 Å². The smallest absolute Gasteiger partial charge is 0.0991 e. The second kappa shape index (κ2) is 8.46. The number of hydrogen-bond acceptors (Lipinski definition) is 4. The molecule has 32 heavy (non-hydrogen) atoms. The maximum Gasteiger partial charge on any atom is 0.0991 e. The first-order valence-corrected chi connectivity index (χ1v) is 10.6. The maximum absolute atomic E-state index is 9.25. The first kappa shape index (κ1) is 19.7. The van der Waals surface area contributed by atoms with Crippen molar-refractivity contribution in [2.75, 3.05) is 0 Å². The van der Waals surface area contributed by atoms with Crippen molar-refractivity contribution in [1.29, 1.82) is 10.5 Å². The predicted octanol–water partition coefficient (Wildman–Crippen LogP) is 5.67. The van der Waals surface area contributed by atoms with Gasteiger partial charge < -0.3 is 0 Å². The second-order valence-corrected chi connectivity index (χ2v) is 8.13. The number of aromatic nitrogens is 2. The summed E-state index contributed by atoms with van der Waals surface area (Å²) in [5.41, 5.74) is 6.25. The van der Waals surface area contributed by atoms with Gasteiger partial charge in [-0.05, 0) is 94.5 Å². The van der Waals surface area contributed by atoms with Gasteiger partial charge in [0.2, 0.25) is 0 Å². The van der Waals surface area contributed by atoms with E-state index < -0.39 is 0 Å². The minimum Gasteiger partial charge on any atom is -0.265 e. The molecular weight excluding hydrogens is 392 g/mol. The summed E-state index contributed by atoms with van der Waals surface area (Å²) in [6, 6.07) is 28.7. The van der Waals surface area contributed by atoms with Crippen LogP contribution in [0.5, 0.6) is 0 Å². The molecule has 0 aliphatic heterocycles. The molecule has 1 aliphatic carbocycles. The Morgan fingerprint density at radius 2 is 0.719 bits per heavy atom. The van der Waals surface area contributed by atoms with E-state index in [0.717, 1.165) is 0 Å². The molecule has 1 saturated carbocycles. The van der Waals surface area contributed by atoms with Crippen LogP contribution in [0.3, 0.4) is 0 Å². The molecule has 0 N–H and O–H groups in total.